The Morgan fingerprint density at radius 1 is 1.24 bits per heavy atom. The molecule has 158 valence electrons. The summed E-state index contributed by atoms with van der Waals surface area (Å²) in [6.45, 7) is 4.21. The Bertz CT molecular complexity index is 907. The van der Waals surface area contributed by atoms with Crippen LogP contribution in [0.4, 0.5) is 0 Å². The zero-order chi connectivity index (χ0) is 20.7. The third-order valence-electron chi connectivity index (χ3n) is 4.49. The molecular weight excluding hydrogens is 400 g/mol. The molecule has 1 aliphatic rings. The third-order valence-corrected chi connectivity index (χ3v) is 6.22. The molecular formula is C18H24N4O6S. The Morgan fingerprint density at radius 3 is 2.66 bits per heavy atom. The number of methoxy groups -OCH3 is 1. The van der Waals surface area contributed by atoms with Gasteiger partial charge >= 0.3 is 11.8 Å². The van der Waals surface area contributed by atoms with E-state index < -0.39 is 15.7 Å². The molecule has 11 heteroatoms. The number of ether oxygens (including phenoxy) is 2. The summed E-state index contributed by atoms with van der Waals surface area (Å²) in [5, 5.41) is 6.42. The number of sulfone groups is 1. The van der Waals surface area contributed by atoms with Crippen molar-refractivity contribution in [1.82, 2.24) is 20.4 Å². The van der Waals surface area contributed by atoms with E-state index in [1.807, 2.05) is 0 Å². The number of carbonyl (C=O) groups is 1. The minimum Gasteiger partial charge on any atom is -0.497 e. The molecule has 10 nitrogen and oxygen atoms in total. The highest BCUT2D eigenvalue weighted by atomic mass is 32.2. The lowest BCUT2D eigenvalue weighted by molar-refractivity contribution is 0.0382. The Balaban J connectivity index is 1.48. The molecule has 2 aromatic rings. The quantitative estimate of drug-likeness (QED) is 0.599. The van der Waals surface area contributed by atoms with Gasteiger partial charge in [-0.05, 0) is 24.3 Å². The Hall–Kier alpha value is -2.50. The summed E-state index contributed by atoms with van der Waals surface area (Å²) in [6.07, 6.45) is 0.0406. The van der Waals surface area contributed by atoms with E-state index in [2.05, 4.69) is 20.4 Å². The second-order valence-electron chi connectivity index (χ2n) is 6.47. The maximum atomic E-state index is 12.4. The maximum Gasteiger partial charge on any atom is 0.315 e. The van der Waals surface area contributed by atoms with E-state index in [1.165, 1.54) is 19.2 Å². The molecule has 1 saturated heterocycles. The van der Waals surface area contributed by atoms with Crippen molar-refractivity contribution in [2.24, 2.45) is 0 Å². The van der Waals surface area contributed by atoms with Gasteiger partial charge in [0, 0.05) is 32.6 Å². The molecule has 0 bridgehead atoms. The van der Waals surface area contributed by atoms with Crippen molar-refractivity contribution in [3.63, 3.8) is 0 Å². The molecule has 1 N–H and O–H groups in total. The van der Waals surface area contributed by atoms with Gasteiger partial charge in [-0.1, -0.05) is 5.16 Å². The standard InChI is InChI=1S/C18H24N4O6S/c1-26-14-2-4-15(5-3-14)29(24,25)13-6-16-20-18(28-21-16)17(23)19-7-8-22-9-11-27-12-10-22/h2-5H,6-13H2,1H3,(H,19,23). The summed E-state index contributed by atoms with van der Waals surface area (Å²) in [5.41, 5.74) is 0. The van der Waals surface area contributed by atoms with Crippen molar-refractivity contribution in [1.29, 1.82) is 0 Å². The fourth-order valence-corrected chi connectivity index (χ4v) is 4.04. The molecule has 0 saturated carbocycles. The van der Waals surface area contributed by atoms with E-state index in [1.54, 1.807) is 12.1 Å². The van der Waals surface area contributed by atoms with Crippen molar-refractivity contribution in [3.05, 3.63) is 36.0 Å². The summed E-state index contributed by atoms with van der Waals surface area (Å²) in [6, 6.07) is 6.14. The predicted octanol–water partition coefficient (Wildman–Crippen LogP) is 0.157. The van der Waals surface area contributed by atoms with Crippen LogP contribution in [0.5, 0.6) is 5.75 Å². The molecule has 0 aliphatic carbocycles. The van der Waals surface area contributed by atoms with Gasteiger partial charge in [-0.3, -0.25) is 9.69 Å². The lowest BCUT2D eigenvalue weighted by Gasteiger charge is -2.26. The fraction of sp³-hybridized carbons (Fsp3) is 0.500. The van der Waals surface area contributed by atoms with Gasteiger partial charge in [0.25, 0.3) is 0 Å². The van der Waals surface area contributed by atoms with Crippen molar-refractivity contribution < 1.29 is 27.2 Å². The van der Waals surface area contributed by atoms with Crippen LogP contribution in [0.2, 0.25) is 0 Å². The van der Waals surface area contributed by atoms with Crippen LogP contribution in [0, 0.1) is 0 Å². The average Bonchev–Trinajstić information content (AvgIpc) is 3.22. The van der Waals surface area contributed by atoms with Crippen LogP contribution in [-0.4, -0.2) is 81.6 Å². The van der Waals surface area contributed by atoms with Crippen LogP contribution >= 0.6 is 0 Å². The SMILES string of the molecule is COc1ccc(S(=O)(=O)CCc2noc(C(=O)NCCN3CCOCC3)n2)cc1. The number of carbonyl (C=O) groups excluding carboxylic acids is 1. The zero-order valence-electron chi connectivity index (χ0n) is 16.2. The van der Waals surface area contributed by atoms with E-state index in [9.17, 15) is 13.2 Å². The van der Waals surface area contributed by atoms with Crippen molar-refractivity contribution in [2.75, 3.05) is 52.3 Å². The van der Waals surface area contributed by atoms with Gasteiger partial charge in [-0.2, -0.15) is 4.98 Å². The first kappa shape index (κ1) is 21.2. The molecule has 0 spiro atoms. The van der Waals surface area contributed by atoms with Gasteiger partial charge in [-0.15, -0.1) is 0 Å². The molecule has 0 unspecified atom stereocenters. The lowest BCUT2D eigenvalue weighted by Crippen LogP contribution is -2.41. The third kappa shape index (κ3) is 5.99. The molecule has 0 atom stereocenters. The number of hydrogen-bond acceptors (Lipinski definition) is 9. The minimum atomic E-state index is -3.51. The van der Waals surface area contributed by atoms with Crippen LogP contribution in [0.25, 0.3) is 0 Å². The van der Waals surface area contributed by atoms with E-state index in [-0.39, 0.29) is 28.8 Å². The highest BCUT2D eigenvalue weighted by Gasteiger charge is 2.19. The molecule has 3 rings (SSSR count). The van der Waals surface area contributed by atoms with Crippen LogP contribution in [-0.2, 0) is 21.0 Å². The second kappa shape index (κ2) is 9.81. The highest BCUT2D eigenvalue weighted by Crippen LogP contribution is 2.17. The number of benzene rings is 1. The summed E-state index contributed by atoms with van der Waals surface area (Å²) in [4.78, 5) is 18.5. The Kier molecular flexibility index (Phi) is 7.18. The van der Waals surface area contributed by atoms with E-state index in [0.29, 0.717) is 32.1 Å². The summed E-state index contributed by atoms with van der Waals surface area (Å²) in [7, 11) is -2.00. The topological polar surface area (TPSA) is 124 Å². The molecule has 1 amide bonds. The zero-order valence-corrected chi connectivity index (χ0v) is 17.0. The van der Waals surface area contributed by atoms with Crippen molar-refractivity contribution in [2.45, 2.75) is 11.3 Å². The highest BCUT2D eigenvalue weighted by molar-refractivity contribution is 7.91. The van der Waals surface area contributed by atoms with Gasteiger partial charge in [0.1, 0.15) is 5.75 Å². The molecule has 0 radical (unpaired) electrons. The molecule has 29 heavy (non-hydrogen) atoms. The molecule has 1 aliphatic heterocycles. The van der Waals surface area contributed by atoms with Crippen LogP contribution in [0.3, 0.4) is 0 Å². The first-order valence-electron chi connectivity index (χ1n) is 9.25. The lowest BCUT2D eigenvalue weighted by atomic mass is 10.3. The van der Waals surface area contributed by atoms with Crippen LogP contribution < -0.4 is 10.1 Å². The van der Waals surface area contributed by atoms with Gasteiger partial charge in [0.15, 0.2) is 15.7 Å². The number of nitrogens with zero attached hydrogens (tertiary/aromatic N) is 3. The second-order valence-corrected chi connectivity index (χ2v) is 8.58. The normalized spacial score (nSPS) is 15.2. The summed E-state index contributed by atoms with van der Waals surface area (Å²) < 4.78 is 40.1. The fourth-order valence-electron chi connectivity index (χ4n) is 2.80. The largest absolute Gasteiger partial charge is 0.497 e. The number of hydrogen-bond donors (Lipinski definition) is 1. The average molecular weight is 424 g/mol. The van der Waals surface area contributed by atoms with Crippen molar-refractivity contribution >= 4 is 15.7 Å². The van der Waals surface area contributed by atoms with Gasteiger partial charge in [0.05, 0.1) is 31.0 Å². The first-order chi connectivity index (χ1) is 14.0. The summed E-state index contributed by atoms with van der Waals surface area (Å²) >= 11 is 0. The Morgan fingerprint density at radius 2 is 1.97 bits per heavy atom. The van der Waals surface area contributed by atoms with Gasteiger partial charge in [-0.25, -0.2) is 8.42 Å². The smallest absolute Gasteiger partial charge is 0.315 e. The van der Waals surface area contributed by atoms with Gasteiger partial charge < -0.3 is 19.3 Å². The van der Waals surface area contributed by atoms with E-state index >= 15 is 0 Å². The van der Waals surface area contributed by atoms with Crippen LogP contribution in [0.15, 0.2) is 33.7 Å². The minimum absolute atomic E-state index is 0.0406. The number of nitrogens with one attached hydrogen (secondary N) is 1. The van der Waals surface area contributed by atoms with E-state index in [4.69, 9.17) is 14.0 Å². The maximum absolute atomic E-state index is 12.4. The van der Waals surface area contributed by atoms with Crippen molar-refractivity contribution in [3.8, 4) is 5.75 Å². The monoisotopic (exact) mass is 424 g/mol. The number of aromatic nitrogens is 2. The molecule has 1 aromatic carbocycles. The summed E-state index contributed by atoms with van der Waals surface area (Å²) in [5.74, 6) is -0.109. The molecule has 1 aromatic heterocycles. The van der Waals surface area contributed by atoms with Gasteiger partial charge in [0.2, 0.25) is 0 Å². The first-order valence-corrected chi connectivity index (χ1v) is 10.9. The predicted molar refractivity (Wildman–Crippen MR) is 103 cm³/mol. The molecule has 2 heterocycles. The number of aryl methyl sites for hydroxylation is 1. The number of morpholine rings is 1. The number of amides is 1. The Labute approximate surface area is 169 Å². The van der Waals surface area contributed by atoms with E-state index in [0.717, 1.165) is 13.1 Å². The van der Waals surface area contributed by atoms with Crippen LogP contribution in [0.1, 0.15) is 16.5 Å². The molecule has 1 fully saturated rings. The number of rotatable bonds is 9.